The Morgan fingerprint density at radius 2 is 1.68 bits per heavy atom. The van der Waals surface area contributed by atoms with Crippen molar-refractivity contribution < 1.29 is 32.3 Å². The molecule has 0 saturated heterocycles. The molecule has 11 heteroatoms. The number of hydrogen-bond donors (Lipinski definition) is 0. The lowest BCUT2D eigenvalue weighted by Gasteiger charge is -2.21. The zero-order valence-electron chi connectivity index (χ0n) is 20.8. The average Bonchev–Trinajstić information content (AvgIpc) is 3.30. The zero-order chi connectivity index (χ0) is 26.5. The summed E-state index contributed by atoms with van der Waals surface area (Å²) in [7, 11) is 0.801. The Morgan fingerprint density at radius 1 is 0.973 bits per heavy atom. The van der Waals surface area contributed by atoms with Gasteiger partial charge >= 0.3 is 0 Å². The number of nitro benzene ring substituents is 1. The van der Waals surface area contributed by atoms with Gasteiger partial charge in [-0.25, -0.2) is 8.42 Å². The van der Waals surface area contributed by atoms with Crippen LogP contribution in [0.4, 0.5) is 5.69 Å². The van der Waals surface area contributed by atoms with Crippen LogP contribution in [-0.2, 0) is 34.5 Å². The molecule has 0 unspecified atom stereocenters. The maximum absolute atomic E-state index is 13.4. The summed E-state index contributed by atoms with van der Waals surface area (Å²) in [6.45, 7) is 2.57. The fourth-order valence-corrected chi connectivity index (χ4v) is 6.42. The highest BCUT2D eigenvalue weighted by Gasteiger charge is 2.36. The first-order valence-corrected chi connectivity index (χ1v) is 13.0. The number of nitro groups is 1. The van der Waals surface area contributed by atoms with Gasteiger partial charge in [0.15, 0.2) is 11.5 Å². The van der Waals surface area contributed by atoms with Crippen molar-refractivity contribution in [2.45, 2.75) is 37.6 Å². The summed E-state index contributed by atoms with van der Waals surface area (Å²) >= 11 is 0. The number of nitrogens with zero attached hydrogens (tertiary/aromatic N) is 2. The van der Waals surface area contributed by atoms with E-state index in [-0.39, 0.29) is 36.4 Å². The molecule has 0 spiro atoms. The highest BCUT2D eigenvalue weighted by atomic mass is 32.2. The normalized spacial score (nSPS) is 16.8. The number of sulfonamides is 1. The first-order chi connectivity index (χ1) is 17.7. The third-order valence-electron chi connectivity index (χ3n) is 6.94. The summed E-state index contributed by atoms with van der Waals surface area (Å²) in [5, 5.41) is 11.0. The second kappa shape index (κ2) is 9.33. The van der Waals surface area contributed by atoms with E-state index >= 15 is 0 Å². The van der Waals surface area contributed by atoms with Gasteiger partial charge < -0.3 is 18.9 Å². The van der Waals surface area contributed by atoms with E-state index in [4.69, 9.17) is 18.9 Å². The molecule has 3 aromatic carbocycles. The van der Waals surface area contributed by atoms with Gasteiger partial charge in [-0.3, -0.25) is 10.1 Å². The molecular formula is C26H26N2O8S. The molecule has 0 radical (unpaired) electrons. The number of fused-ring (bicyclic) bond motifs is 5. The van der Waals surface area contributed by atoms with E-state index in [2.05, 4.69) is 0 Å². The molecule has 0 bridgehead atoms. The lowest BCUT2D eigenvalue weighted by Crippen LogP contribution is -2.25. The van der Waals surface area contributed by atoms with Crippen LogP contribution in [0.1, 0.15) is 35.3 Å². The van der Waals surface area contributed by atoms with Crippen LogP contribution in [0.2, 0.25) is 0 Å². The molecule has 0 fully saturated rings. The van der Waals surface area contributed by atoms with E-state index in [1.54, 1.807) is 21.3 Å². The second-order valence-electron chi connectivity index (χ2n) is 8.82. The smallest absolute Gasteiger partial charge is 0.269 e. The predicted octanol–water partition coefficient (Wildman–Crippen LogP) is 4.58. The van der Waals surface area contributed by atoms with Crippen LogP contribution in [0, 0.1) is 10.1 Å². The minimum atomic E-state index is -3.88. The average molecular weight is 527 g/mol. The van der Waals surface area contributed by atoms with E-state index in [0.717, 1.165) is 33.4 Å². The molecule has 0 saturated carbocycles. The lowest BCUT2D eigenvalue weighted by atomic mass is 9.89. The molecule has 0 aromatic heterocycles. The van der Waals surface area contributed by atoms with E-state index in [1.165, 1.54) is 28.6 Å². The Bertz CT molecular complexity index is 1500. The van der Waals surface area contributed by atoms with Crippen molar-refractivity contribution in [3.05, 3.63) is 74.8 Å². The highest BCUT2D eigenvalue weighted by Crippen LogP contribution is 2.52. The first kappa shape index (κ1) is 25.0. The molecule has 194 valence electrons. The highest BCUT2D eigenvalue weighted by molar-refractivity contribution is 7.89. The molecule has 2 heterocycles. The van der Waals surface area contributed by atoms with Gasteiger partial charge in [-0.2, -0.15) is 4.31 Å². The van der Waals surface area contributed by atoms with Gasteiger partial charge in [-0.1, -0.05) is 12.1 Å². The number of ether oxygens (including phenoxy) is 4. The van der Waals surface area contributed by atoms with Crippen molar-refractivity contribution in [2.24, 2.45) is 0 Å². The summed E-state index contributed by atoms with van der Waals surface area (Å²) in [6, 6.07) is 10.7. The van der Waals surface area contributed by atoms with Gasteiger partial charge in [-0.15, -0.1) is 0 Å². The second-order valence-corrected chi connectivity index (χ2v) is 10.8. The Labute approximate surface area is 214 Å². The number of rotatable bonds is 6. The van der Waals surface area contributed by atoms with E-state index < -0.39 is 14.9 Å². The summed E-state index contributed by atoms with van der Waals surface area (Å²) in [4.78, 5) is 10.4. The van der Waals surface area contributed by atoms with E-state index in [0.29, 0.717) is 17.2 Å². The minimum absolute atomic E-state index is 0.00529. The Hall–Kier alpha value is -3.67. The van der Waals surface area contributed by atoms with Gasteiger partial charge in [0.05, 0.1) is 43.9 Å². The van der Waals surface area contributed by atoms with Crippen molar-refractivity contribution >= 4 is 15.7 Å². The summed E-state index contributed by atoms with van der Waals surface area (Å²) in [5.41, 5.74) is 5.05. The fraction of sp³-hybridized carbons (Fsp3) is 0.308. The van der Waals surface area contributed by atoms with Crippen LogP contribution in [0.25, 0.3) is 11.1 Å². The van der Waals surface area contributed by atoms with Crippen molar-refractivity contribution in [1.29, 1.82) is 0 Å². The number of benzene rings is 3. The minimum Gasteiger partial charge on any atom is -0.493 e. The SMILES string of the molecule is COc1cc2c(c(OC)c1OC)-c1ccc3c(c1CO[C@@H]2C)CN(S(=O)(=O)c1ccc([N+](=O)[O-])cc1)C3. The molecule has 2 aliphatic heterocycles. The Kier molecular flexibility index (Phi) is 6.30. The molecule has 3 aromatic rings. The molecule has 0 N–H and O–H groups in total. The van der Waals surface area contributed by atoms with Crippen LogP contribution in [0.15, 0.2) is 47.4 Å². The monoisotopic (exact) mass is 526 g/mol. The topological polar surface area (TPSA) is 117 Å². The lowest BCUT2D eigenvalue weighted by molar-refractivity contribution is -0.384. The molecule has 0 amide bonds. The van der Waals surface area contributed by atoms with E-state index in [1.807, 2.05) is 25.1 Å². The van der Waals surface area contributed by atoms with E-state index in [9.17, 15) is 18.5 Å². The maximum Gasteiger partial charge on any atom is 0.269 e. The Morgan fingerprint density at radius 3 is 2.30 bits per heavy atom. The summed E-state index contributed by atoms with van der Waals surface area (Å²) < 4.78 is 51.3. The standard InChI is InChI=1S/C26H26N2O8S/c1-15-20-11-23(33-2)25(34-3)26(35-4)24(20)19-10-5-16-12-27(13-21(16)22(19)14-36-15)37(31,32)18-8-6-17(7-9-18)28(29)30/h5-11,15H,12-14H2,1-4H3/t15-/m1/s1. The number of methoxy groups -OCH3 is 3. The first-order valence-electron chi connectivity index (χ1n) is 11.5. The van der Waals surface area contributed by atoms with Gasteiger partial charge in [-0.05, 0) is 52.9 Å². The van der Waals surface area contributed by atoms with Crippen molar-refractivity contribution in [3.8, 4) is 28.4 Å². The Balaban J connectivity index is 1.60. The fourth-order valence-electron chi connectivity index (χ4n) is 5.04. The predicted molar refractivity (Wildman–Crippen MR) is 134 cm³/mol. The largest absolute Gasteiger partial charge is 0.493 e. The van der Waals surface area contributed by atoms with Crippen molar-refractivity contribution in [1.82, 2.24) is 4.31 Å². The van der Waals surface area contributed by atoms with Gasteiger partial charge in [0.1, 0.15) is 0 Å². The van der Waals surface area contributed by atoms with Crippen LogP contribution < -0.4 is 14.2 Å². The number of hydrogen-bond acceptors (Lipinski definition) is 8. The summed E-state index contributed by atoms with van der Waals surface area (Å²) in [6.07, 6.45) is -0.284. The quantitative estimate of drug-likeness (QED) is 0.338. The van der Waals surface area contributed by atoms with Crippen molar-refractivity contribution in [2.75, 3.05) is 21.3 Å². The molecule has 5 rings (SSSR count). The van der Waals surface area contributed by atoms with Crippen LogP contribution >= 0.6 is 0 Å². The molecule has 37 heavy (non-hydrogen) atoms. The van der Waals surface area contributed by atoms with Gasteiger partial charge in [0.2, 0.25) is 15.8 Å². The maximum atomic E-state index is 13.4. The molecule has 0 aliphatic carbocycles. The third kappa shape index (κ3) is 3.99. The zero-order valence-corrected chi connectivity index (χ0v) is 21.6. The number of non-ortho nitro benzene ring substituents is 1. The van der Waals surface area contributed by atoms with Gasteiger partial charge in [0, 0.05) is 30.8 Å². The third-order valence-corrected chi connectivity index (χ3v) is 8.75. The molecule has 10 nitrogen and oxygen atoms in total. The summed E-state index contributed by atoms with van der Waals surface area (Å²) in [5.74, 6) is 1.51. The molecule has 1 atom stereocenters. The van der Waals surface area contributed by atoms with Crippen LogP contribution in [-0.4, -0.2) is 39.0 Å². The van der Waals surface area contributed by atoms with Gasteiger partial charge in [0.25, 0.3) is 5.69 Å². The molecular weight excluding hydrogens is 500 g/mol. The van der Waals surface area contributed by atoms with Crippen molar-refractivity contribution in [3.63, 3.8) is 0 Å². The van der Waals surface area contributed by atoms with Crippen LogP contribution in [0.3, 0.4) is 0 Å². The molecule has 2 aliphatic rings. The van der Waals surface area contributed by atoms with Crippen LogP contribution in [0.5, 0.6) is 17.2 Å².